The Labute approximate surface area is 99.5 Å². The monoisotopic (exact) mass is 231 g/mol. The molecule has 0 radical (unpaired) electrons. The second-order valence-electron chi connectivity index (χ2n) is 3.22. The second kappa shape index (κ2) is 5.56. The number of hydrogen-bond donors (Lipinski definition) is 2. The van der Waals surface area contributed by atoms with Gasteiger partial charge in [-0.05, 0) is 17.7 Å². The molecule has 88 valence electrons. The number of anilines is 1. The molecule has 0 aliphatic carbocycles. The summed E-state index contributed by atoms with van der Waals surface area (Å²) in [5, 5.41) is 11.8. The van der Waals surface area contributed by atoms with E-state index in [9.17, 15) is 4.79 Å². The smallest absolute Gasteiger partial charge is 0.350 e. The van der Waals surface area contributed by atoms with E-state index in [0.29, 0.717) is 5.56 Å². The Hall–Kier alpha value is -2.48. The minimum atomic E-state index is -0.734. The second-order valence-corrected chi connectivity index (χ2v) is 3.22. The van der Waals surface area contributed by atoms with Crippen molar-refractivity contribution >= 4 is 17.4 Å². The standard InChI is InChI=1S/C12H13N3O2/c1-15-9-5-3-8(4-6-9)11(14)10(7-13)12(16)17-2/h3-6,15H,14H2,1-2H3/b11-10-. The third kappa shape index (κ3) is 2.75. The van der Waals surface area contributed by atoms with Crippen molar-refractivity contribution in [3.8, 4) is 6.07 Å². The molecule has 1 aromatic carbocycles. The molecule has 0 amide bonds. The fourth-order valence-corrected chi connectivity index (χ4v) is 1.28. The van der Waals surface area contributed by atoms with Crippen LogP contribution in [0.15, 0.2) is 29.8 Å². The highest BCUT2D eigenvalue weighted by atomic mass is 16.5. The van der Waals surface area contributed by atoms with E-state index >= 15 is 0 Å². The molecular formula is C12H13N3O2. The van der Waals surface area contributed by atoms with Gasteiger partial charge in [0, 0.05) is 12.7 Å². The topological polar surface area (TPSA) is 88.1 Å². The maximum absolute atomic E-state index is 11.3. The summed E-state index contributed by atoms with van der Waals surface area (Å²) in [5.41, 5.74) is 7.19. The van der Waals surface area contributed by atoms with E-state index in [1.54, 1.807) is 37.4 Å². The molecule has 0 bridgehead atoms. The third-order valence-corrected chi connectivity index (χ3v) is 2.26. The zero-order valence-electron chi connectivity index (χ0n) is 9.65. The Bertz CT molecular complexity index is 483. The molecule has 0 aliphatic rings. The van der Waals surface area contributed by atoms with Gasteiger partial charge in [-0.25, -0.2) is 4.79 Å². The van der Waals surface area contributed by atoms with E-state index < -0.39 is 5.97 Å². The highest BCUT2D eigenvalue weighted by Crippen LogP contribution is 2.17. The molecule has 0 aliphatic heterocycles. The SMILES string of the molecule is CNc1ccc(/C(N)=C(\C#N)C(=O)OC)cc1. The van der Waals surface area contributed by atoms with Crippen LogP contribution in [0.4, 0.5) is 5.69 Å². The van der Waals surface area contributed by atoms with Gasteiger partial charge in [0.2, 0.25) is 0 Å². The number of nitrogens with two attached hydrogens (primary N) is 1. The molecule has 0 saturated heterocycles. The maximum Gasteiger partial charge on any atom is 0.350 e. The zero-order valence-corrected chi connectivity index (χ0v) is 9.65. The van der Waals surface area contributed by atoms with Crippen molar-refractivity contribution in [3.63, 3.8) is 0 Å². The summed E-state index contributed by atoms with van der Waals surface area (Å²) in [6.45, 7) is 0. The van der Waals surface area contributed by atoms with E-state index in [2.05, 4.69) is 10.1 Å². The van der Waals surface area contributed by atoms with Crippen LogP contribution in [0.3, 0.4) is 0 Å². The summed E-state index contributed by atoms with van der Waals surface area (Å²) >= 11 is 0. The van der Waals surface area contributed by atoms with Crippen LogP contribution in [-0.2, 0) is 9.53 Å². The van der Waals surface area contributed by atoms with Crippen LogP contribution in [0, 0.1) is 11.3 Å². The number of carbonyl (C=O) groups is 1. The Kier molecular flexibility index (Phi) is 4.12. The molecule has 17 heavy (non-hydrogen) atoms. The fraction of sp³-hybridized carbons (Fsp3) is 0.167. The van der Waals surface area contributed by atoms with Crippen molar-refractivity contribution in [2.75, 3.05) is 19.5 Å². The predicted molar refractivity (Wildman–Crippen MR) is 64.7 cm³/mol. The first-order valence-electron chi connectivity index (χ1n) is 4.90. The lowest BCUT2D eigenvalue weighted by molar-refractivity contribution is -0.135. The largest absolute Gasteiger partial charge is 0.465 e. The molecule has 5 nitrogen and oxygen atoms in total. The maximum atomic E-state index is 11.3. The summed E-state index contributed by atoms with van der Waals surface area (Å²) < 4.78 is 4.48. The van der Waals surface area contributed by atoms with E-state index in [1.165, 1.54) is 7.11 Å². The number of methoxy groups -OCH3 is 1. The van der Waals surface area contributed by atoms with Crippen LogP contribution in [0.2, 0.25) is 0 Å². The van der Waals surface area contributed by atoms with Gasteiger partial charge in [-0.1, -0.05) is 12.1 Å². The van der Waals surface area contributed by atoms with Crippen LogP contribution < -0.4 is 11.1 Å². The molecule has 3 N–H and O–H groups in total. The van der Waals surface area contributed by atoms with Crippen molar-refractivity contribution in [3.05, 3.63) is 35.4 Å². The molecule has 0 aromatic heterocycles. The fourth-order valence-electron chi connectivity index (χ4n) is 1.28. The number of ether oxygens (including phenoxy) is 1. The number of carbonyl (C=O) groups excluding carboxylic acids is 1. The molecule has 0 heterocycles. The Morgan fingerprint density at radius 2 is 2.00 bits per heavy atom. The first-order valence-corrected chi connectivity index (χ1v) is 4.90. The average molecular weight is 231 g/mol. The number of esters is 1. The molecule has 0 unspecified atom stereocenters. The van der Waals surface area contributed by atoms with E-state index in [4.69, 9.17) is 11.0 Å². The number of nitriles is 1. The van der Waals surface area contributed by atoms with Gasteiger partial charge < -0.3 is 15.8 Å². The van der Waals surface area contributed by atoms with E-state index in [1.807, 2.05) is 0 Å². The molecule has 0 atom stereocenters. The molecule has 0 fully saturated rings. The predicted octanol–water partition coefficient (Wildman–Crippen LogP) is 1.09. The molecule has 5 heteroatoms. The van der Waals surface area contributed by atoms with Crippen LogP contribution >= 0.6 is 0 Å². The van der Waals surface area contributed by atoms with Crippen molar-refractivity contribution < 1.29 is 9.53 Å². The van der Waals surface area contributed by atoms with Gasteiger partial charge in [0.25, 0.3) is 0 Å². The number of rotatable bonds is 3. The molecular weight excluding hydrogens is 218 g/mol. The van der Waals surface area contributed by atoms with Gasteiger partial charge in [-0.2, -0.15) is 5.26 Å². The molecule has 0 spiro atoms. The summed E-state index contributed by atoms with van der Waals surface area (Å²) in [6.07, 6.45) is 0. The minimum absolute atomic E-state index is 0.113. The average Bonchev–Trinajstić information content (AvgIpc) is 2.39. The van der Waals surface area contributed by atoms with Crippen molar-refractivity contribution in [2.24, 2.45) is 5.73 Å². The highest BCUT2D eigenvalue weighted by Gasteiger charge is 2.14. The molecule has 1 rings (SSSR count). The normalized spacial score (nSPS) is 11.1. The van der Waals surface area contributed by atoms with Crippen molar-refractivity contribution in [1.82, 2.24) is 0 Å². The lowest BCUT2D eigenvalue weighted by Crippen LogP contribution is -2.10. The highest BCUT2D eigenvalue weighted by molar-refractivity contribution is 6.00. The number of benzene rings is 1. The van der Waals surface area contributed by atoms with Gasteiger partial charge in [0.05, 0.1) is 12.8 Å². The van der Waals surface area contributed by atoms with Crippen LogP contribution in [0.25, 0.3) is 5.70 Å². The van der Waals surface area contributed by atoms with E-state index in [0.717, 1.165) is 5.69 Å². The number of nitrogens with zero attached hydrogens (tertiary/aromatic N) is 1. The van der Waals surface area contributed by atoms with Crippen LogP contribution in [-0.4, -0.2) is 20.1 Å². The summed E-state index contributed by atoms with van der Waals surface area (Å²) in [4.78, 5) is 11.3. The first kappa shape index (κ1) is 12.6. The lowest BCUT2D eigenvalue weighted by Gasteiger charge is -2.06. The summed E-state index contributed by atoms with van der Waals surface area (Å²) in [6, 6.07) is 8.79. The zero-order chi connectivity index (χ0) is 12.8. The van der Waals surface area contributed by atoms with E-state index in [-0.39, 0.29) is 11.3 Å². The van der Waals surface area contributed by atoms with Crippen LogP contribution in [0.5, 0.6) is 0 Å². The Morgan fingerprint density at radius 1 is 1.41 bits per heavy atom. The third-order valence-electron chi connectivity index (χ3n) is 2.26. The summed E-state index contributed by atoms with van der Waals surface area (Å²) in [5.74, 6) is -0.734. The quantitative estimate of drug-likeness (QED) is 0.462. The Balaban J connectivity index is 3.17. The number of hydrogen-bond acceptors (Lipinski definition) is 5. The van der Waals surface area contributed by atoms with Crippen molar-refractivity contribution in [1.29, 1.82) is 5.26 Å². The van der Waals surface area contributed by atoms with Crippen LogP contribution in [0.1, 0.15) is 5.56 Å². The Morgan fingerprint density at radius 3 is 2.41 bits per heavy atom. The molecule has 1 aromatic rings. The van der Waals surface area contributed by atoms with Gasteiger partial charge in [0.15, 0.2) is 5.57 Å². The van der Waals surface area contributed by atoms with Crippen molar-refractivity contribution in [2.45, 2.75) is 0 Å². The lowest BCUT2D eigenvalue weighted by atomic mass is 10.1. The summed E-state index contributed by atoms with van der Waals surface area (Å²) in [7, 11) is 3.00. The van der Waals surface area contributed by atoms with Gasteiger partial charge >= 0.3 is 5.97 Å². The molecule has 0 saturated carbocycles. The number of nitrogens with one attached hydrogen (secondary N) is 1. The first-order chi connectivity index (χ1) is 8.13. The minimum Gasteiger partial charge on any atom is -0.465 e. The van der Waals surface area contributed by atoms with Gasteiger partial charge in [-0.3, -0.25) is 0 Å². The van der Waals surface area contributed by atoms with Gasteiger partial charge in [-0.15, -0.1) is 0 Å². The van der Waals surface area contributed by atoms with Gasteiger partial charge in [0.1, 0.15) is 6.07 Å².